The smallest absolute Gasteiger partial charge is 0.162 e. The molecule has 0 heterocycles. The van der Waals surface area contributed by atoms with Crippen molar-refractivity contribution in [3.8, 4) is 0 Å². The molecule has 80 valence electrons. The summed E-state index contributed by atoms with van der Waals surface area (Å²) in [6.45, 7) is 6.84. The molecule has 0 aliphatic heterocycles. The zero-order valence-electron chi connectivity index (χ0n) is 8.26. The lowest BCUT2D eigenvalue weighted by atomic mass is 9.96. The van der Waals surface area contributed by atoms with Crippen LogP contribution in [-0.2, 0) is 0 Å². The van der Waals surface area contributed by atoms with Crippen LogP contribution < -0.4 is 0 Å². The Morgan fingerprint density at radius 2 is 2.00 bits per heavy atom. The Morgan fingerprint density at radius 1 is 1.33 bits per heavy atom. The lowest BCUT2D eigenvalue weighted by Gasteiger charge is -2.12. The maximum Gasteiger partial charge on any atom is 0.162 e. The summed E-state index contributed by atoms with van der Waals surface area (Å²) in [6, 6.07) is 0. The number of aliphatic hydroxyl groups is 1. The van der Waals surface area contributed by atoms with E-state index in [2.05, 4.69) is 13.2 Å². The predicted molar refractivity (Wildman–Crippen MR) is 56.6 cm³/mol. The van der Waals surface area contributed by atoms with Crippen molar-refractivity contribution >= 4 is 0 Å². The topological polar surface area (TPSA) is 20.2 Å². The largest absolute Gasteiger partial charge is 0.509 e. The van der Waals surface area contributed by atoms with Crippen molar-refractivity contribution in [2.75, 3.05) is 0 Å². The van der Waals surface area contributed by atoms with E-state index in [0.29, 0.717) is 18.4 Å². The molecule has 0 fully saturated rings. The summed E-state index contributed by atoms with van der Waals surface area (Å²) in [5, 5.41) is 8.80. The quantitative estimate of drug-likeness (QED) is 0.550. The maximum atomic E-state index is 13.3. The first kappa shape index (κ1) is 11.4. The van der Waals surface area contributed by atoms with Crippen LogP contribution in [0.15, 0.2) is 59.9 Å². The van der Waals surface area contributed by atoms with Crippen LogP contribution >= 0.6 is 0 Å². The molecule has 1 aliphatic rings. The molecule has 1 rings (SSSR count). The number of aliphatic hydroxyl groups excluding tert-OH is 1. The zero-order valence-corrected chi connectivity index (χ0v) is 8.26. The lowest BCUT2D eigenvalue weighted by Crippen LogP contribution is -1.96. The number of allylic oxidation sites excluding steroid dienone is 7. The first-order chi connectivity index (χ1) is 7.02. The Bertz CT molecular complexity index is 386. The van der Waals surface area contributed by atoms with Crippen LogP contribution in [0.1, 0.15) is 12.8 Å². The second-order valence-electron chi connectivity index (χ2n) is 3.23. The van der Waals surface area contributed by atoms with E-state index in [4.69, 9.17) is 5.11 Å². The normalized spacial score (nSPS) is 16.8. The Hall–Kier alpha value is -1.64. The van der Waals surface area contributed by atoms with Crippen molar-refractivity contribution in [1.82, 2.24) is 0 Å². The summed E-state index contributed by atoms with van der Waals surface area (Å²) in [6.07, 6.45) is 4.79. The van der Waals surface area contributed by atoms with Crippen LogP contribution in [0.4, 0.5) is 8.78 Å². The molecule has 0 radical (unpaired) electrons. The third-order valence-corrected chi connectivity index (χ3v) is 2.06. The Labute approximate surface area is 87.4 Å². The van der Waals surface area contributed by atoms with Gasteiger partial charge in [0.25, 0.3) is 0 Å². The van der Waals surface area contributed by atoms with Gasteiger partial charge in [-0.2, -0.15) is 0 Å². The molecule has 15 heavy (non-hydrogen) atoms. The fourth-order valence-corrected chi connectivity index (χ4v) is 1.29. The Kier molecular flexibility index (Phi) is 3.61. The van der Waals surface area contributed by atoms with Gasteiger partial charge in [0, 0.05) is 0 Å². The van der Waals surface area contributed by atoms with Crippen molar-refractivity contribution in [3.05, 3.63) is 59.9 Å². The fourth-order valence-electron chi connectivity index (χ4n) is 1.29. The zero-order chi connectivity index (χ0) is 11.4. The first-order valence-corrected chi connectivity index (χ1v) is 4.52. The van der Waals surface area contributed by atoms with Gasteiger partial charge in [0.2, 0.25) is 0 Å². The highest BCUT2D eigenvalue weighted by Gasteiger charge is 2.16. The number of rotatable bonds is 3. The van der Waals surface area contributed by atoms with E-state index in [0.717, 1.165) is 0 Å². The molecule has 0 unspecified atom stereocenters. The van der Waals surface area contributed by atoms with Crippen LogP contribution in [0.2, 0.25) is 0 Å². The number of hydrogen-bond acceptors (Lipinski definition) is 1. The predicted octanol–water partition coefficient (Wildman–Crippen LogP) is 4.04. The lowest BCUT2D eigenvalue weighted by molar-refractivity contribution is 0.435. The second-order valence-corrected chi connectivity index (χ2v) is 3.23. The van der Waals surface area contributed by atoms with Crippen molar-refractivity contribution < 1.29 is 13.9 Å². The van der Waals surface area contributed by atoms with Crippen LogP contribution in [0.25, 0.3) is 0 Å². The van der Waals surface area contributed by atoms with Crippen molar-refractivity contribution in [2.45, 2.75) is 12.8 Å². The van der Waals surface area contributed by atoms with Gasteiger partial charge in [0.05, 0.1) is 0 Å². The van der Waals surface area contributed by atoms with E-state index < -0.39 is 11.7 Å². The molecule has 0 aromatic heterocycles. The van der Waals surface area contributed by atoms with Gasteiger partial charge in [0.15, 0.2) is 11.7 Å². The first-order valence-electron chi connectivity index (χ1n) is 4.52. The summed E-state index contributed by atoms with van der Waals surface area (Å²) in [7, 11) is 0. The van der Waals surface area contributed by atoms with E-state index in [1.165, 1.54) is 18.2 Å². The molecule has 0 bridgehead atoms. The average Bonchev–Trinajstić information content (AvgIpc) is 2.18. The molecular weight excluding hydrogens is 198 g/mol. The van der Waals surface area contributed by atoms with Crippen LogP contribution in [0.5, 0.6) is 0 Å². The van der Waals surface area contributed by atoms with E-state index in [1.807, 2.05) is 0 Å². The van der Waals surface area contributed by atoms with Gasteiger partial charge in [-0.3, -0.25) is 0 Å². The van der Waals surface area contributed by atoms with Gasteiger partial charge in [-0.25, -0.2) is 8.78 Å². The molecule has 1 aliphatic carbocycles. The molecule has 0 amide bonds. The fraction of sp³-hybridized carbons (Fsp3) is 0.167. The average molecular weight is 210 g/mol. The van der Waals surface area contributed by atoms with Gasteiger partial charge >= 0.3 is 0 Å². The summed E-state index contributed by atoms with van der Waals surface area (Å²) >= 11 is 0. The van der Waals surface area contributed by atoms with E-state index in [-0.39, 0.29) is 11.3 Å². The molecule has 0 saturated carbocycles. The molecule has 0 saturated heterocycles. The third kappa shape index (κ3) is 2.91. The van der Waals surface area contributed by atoms with Gasteiger partial charge in [0.1, 0.15) is 5.76 Å². The van der Waals surface area contributed by atoms with E-state index in [1.54, 1.807) is 0 Å². The minimum Gasteiger partial charge on any atom is -0.509 e. The van der Waals surface area contributed by atoms with Gasteiger partial charge in [-0.1, -0.05) is 19.2 Å². The van der Waals surface area contributed by atoms with Crippen molar-refractivity contribution in [1.29, 1.82) is 0 Å². The molecule has 1 nitrogen and oxygen atoms in total. The van der Waals surface area contributed by atoms with Crippen LogP contribution in [-0.4, -0.2) is 5.11 Å². The monoisotopic (exact) mass is 210 g/mol. The van der Waals surface area contributed by atoms with E-state index >= 15 is 0 Å². The molecule has 0 aromatic rings. The highest BCUT2D eigenvalue weighted by atomic mass is 19.2. The third-order valence-electron chi connectivity index (χ3n) is 2.06. The summed E-state index contributed by atoms with van der Waals surface area (Å²) in [5.74, 6) is -1.85. The summed E-state index contributed by atoms with van der Waals surface area (Å²) in [4.78, 5) is 0. The maximum absolute atomic E-state index is 13.3. The molecule has 3 heteroatoms. The highest BCUT2D eigenvalue weighted by molar-refractivity contribution is 5.46. The molecule has 0 spiro atoms. The Balaban J connectivity index is 2.89. The number of hydrogen-bond donors (Lipinski definition) is 1. The molecule has 0 aromatic carbocycles. The summed E-state index contributed by atoms with van der Waals surface area (Å²) in [5.41, 5.74) is 0.596. The van der Waals surface area contributed by atoms with Crippen molar-refractivity contribution in [2.24, 2.45) is 0 Å². The number of halogens is 2. The summed E-state index contributed by atoms with van der Waals surface area (Å²) < 4.78 is 26.2. The van der Waals surface area contributed by atoms with E-state index in [9.17, 15) is 8.78 Å². The van der Waals surface area contributed by atoms with Gasteiger partial charge in [-0.15, -0.1) is 0 Å². The highest BCUT2D eigenvalue weighted by Crippen LogP contribution is 2.31. The molecule has 1 N–H and O–H groups in total. The standard InChI is InChI=1S/C12H12F2O/c1-8(6-7-9(2)15)10-4-3-5-11(13)12(10)14/h5-7,15H,1-4H2/b7-6-. The van der Waals surface area contributed by atoms with Crippen LogP contribution in [0, 0.1) is 0 Å². The minimum atomic E-state index is -0.862. The second kappa shape index (κ2) is 4.73. The molecular formula is C12H12F2O. The van der Waals surface area contributed by atoms with Crippen molar-refractivity contribution in [3.63, 3.8) is 0 Å². The molecule has 0 atom stereocenters. The van der Waals surface area contributed by atoms with Crippen LogP contribution in [0.3, 0.4) is 0 Å². The minimum absolute atomic E-state index is 0.149. The van der Waals surface area contributed by atoms with Gasteiger partial charge in [-0.05, 0) is 36.1 Å². The SMILES string of the molecule is C=C(O)/C=C\C(=C)C1=C(F)C(F)=CCC1. The Morgan fingerprint density at radius 3 is 2.60 bits per heavy atom. The van der Waals surface area contributed by atoms with Gasteiger partial charge < -0.3 is 5.11 Å².